The number of carbonyl (C=O) groups excluding carboxylic acids is 2. The summed E-state index contributed by atoms with van der Waals surface area (Å²) in [5.41, 5.74) is 2.19. The van der Waals surface area contributed by atoms with Crippen LogP contribution in [0.1, 0.15) is 34.1 Å². The van der Waals surface area contributed by atoms with E-state index in [2.05, 4.69) is 15.6 Å². The lowest BCUT2D eigenvalue weighted by atomic mass is 10.1. The first-order valence-electron chi connectivity index (χ1n) is 7.18. The van der Waals surface area contributed by atoms with Crippen molar-refractivity contribution in [3.05, 3.63) is 57.4 Å². The number of amides is 2. The molecule has 23 heavy (non-hydrogen) atoms. The van der Waals surface area contributed by atoms with E-state index in [-0.39, 0.29) is 18.0 Å². The Hall–Kier alpha value is -2.83. The summed E-state index contributed by atoms with van der Waals surface area (Å²) >= 11 is 0. The highest BCUT2D eigenvalue weighted by atomic mass is 16.3. The summed E-state index contributed by atoms with van der Waals surface area (Å²) in [5.74, 6) is -0.771. The predicted octanol–water partition coefficient (Wildman–Crippen LogP) is 1.02. The van der Waals surface area contributed by atoms with E-state index in [0.29, 0.717) is 11.1 Å². The molecule has 0 spiro atoms. The number of hydrogen-bond donors (Lipinski definition) is 3. The third kappa shape index (κ3) is 4.09. The van der Waals surface area contributed by atoms with Gasteiger partial charge < -0.3 is 20.0 Å². The number of hydrogen-bond acceptors (Lipinski definition) is 4. The number of furan rings is 1. The van der Waals surface area contributed by atoms with E-state index < -0.39 is 11.9 Å². The molecule has 1 atom stereocenters. The van der Waals surface area contributed by atoms with Crippen molar-refractivity contribution < 1.29 is 14.0 Å². The minimum atomic E-state index is -0.734. The zero-order valence-electron chi connectivity index (χ0n) is 13.2. The highest BCUT2D eigenvalue weighted by molar-refractivity contribution is 5.97. The molecule has 0 saturated heterocycles. The third-order valence-electron chi connectivity index (χ3n) is 3.46. The van der Waals surface area contributed by atoms with Crippen molar-refractivity contribution in [3.8, 4) is 0 Å². The van der Waals surface area contributed by atoms with E-state index in [4.69, 9.17) is 4.42 Å². The molecule has 2 aromatic rings. The second-order valence-corrected chi connectivity index (χ2v) is 5.37. The van der Waals surface area contributed by atoms with Crippen molar-refractivity contribution in [1.82, 2.24) is 15.6 Å². The molecule has 0 saturated carbocycles. The van der Waals surface area contributed by atoms with Gasteiger partial charge in [-0.1, -0.05) is 0 Å². The molecule has 2 amide bonds. The van der Waals surface area contributed by atoms with Gasteiger partial charge in [0.2, 0.25) is 5.91 Å². The van der Waals surface area contributed by atoms with Crippen LogP contribution >= 0.6 is 0 Å². The molecule has 7 nitrogen and oxygen atoms in total. The standard InChI is InChI=1S/C16H19N3O4/c1-9-6-10(2)18-16(22)13(9)7-17-14(20)11(3)19-15(21)12-4-5-23-8-12/h4-6,8,11H,7H2,1-3H3,(H,17,20)(H,18,22)(H,19,21). The highest BCUT2D eigenvalue weighted by Crippen LogP contribution is 2.03. The number of aryl methyl sites for hydroxylation is 2. The molecule has 122 valence electrons. The maximum Gasteiger partial charge on any atom is 0.255 e. The quantitative estimate of drug-likeness (QED) is 0.765. The second-order valence-electron chi connectivity index (χ2n) is 5.37. The summed E-state index contributed by atoms with van der Waals surface area (Å²) in [7, 11) is 0. The first kappa shape index (κ1) is 16.5. The van der Waals surface area contributed by atoms with Gasteiger partial charge in [0.05, 0.1) is 11.8 Å². The van der Waals surface area contributed by atoms with Gasteiger partial charge in [0.25, 0.3) is 11.5 Å². The number of rotatable bonds is 5. The lowest BCUT2D eigenvalue weighted by Gasteiger charge is -2.14. The molecule has 0 aliphatic heterocycles. The van der Waals surface area contributed by atoms with Gasteiger partial charge in [-0.15, -0.1) is 0 Å². The summed E-state index contributed by atoms with van der Waals surface area (Å²) < 4.78 is 4.82. The van der Waals surface area contributed by atoms with Crippen LogP contribution in [0, 0.1) is 13.8 Å². The maximum atomic E-state index is 12.0. The minimum absolute atomic E-state index is 0.103. The van der Waals surface area contributed by atoms with E-state index in [1.165, 1.54) is 18.6 Å². The maximum absolute atomic E-state index is 12.0. The molecular weight excluding hydrogens is 298 g/mol. The Kier molecular flexibility index (Phi) is 5.00. The molecule has 0 radical (unpaired) electrons. The monoisotopic (exact) mass is 317 g/mol. The summed E-state index contributed by atoms with van der Waals surface area (Å²) in [6.45, 7) is 5.28. The zero-order valence-corrected chi connectivity index (χ0v) is 13.2. The number of aromatic amines is 1. The van der Waals surface area contributed by atoms with Crippen molar-refractivity contribution in [1.29, 1.82) is 0 Å². The number of nitrogens with one attached hydrogen (secondary N) is 3. The van der Waals surface area contributed by atoms with Crippen LogP contribution in [0.15, 0.2) is 33.9 Å². The first-order chi connectivity index (χ1) is 10.9. The molecule has 3 N–H and O–H groups in total. The fourth-order valence-electron chi connectivity index (χ4n) is 2.17. The van der Waals surface area contributed by atoms with Crippen LogP contribution in [0.2, 0.25) is 0 Å². The lowest BCUT2D eigenvalue weighted by Crippen LogP contribution is -2.45. The molecule has 0 aliphatic rings. The fourth-order valence-corrected chi connectivity index (χ4v) is 2.17. The summed E-state index contributed by atoms with van der Waals surface area (Å²) in [4.78, 5) is 38.5. The van der Waals surface area contributed by atoms with Crippen LogP contribution in [0.25, 0.3) is 0 Å². The molecule has 1 unspecified atom stereocenters. The Morgan fingerprint density at radius 2 is 2.09 bits per heavy atom. The first-order valence-corrected chi connectivity index (χ1v) is 7.18. The van der Waals surface area contributed by atoms with Gasteiger partial charge in [0.15, 0.2) is 0 Å². The highest BCUT2D eigenvalue weighted by Gasteiger charge is 2.17. The van der Waals surface area contributed by atoms with Gasteiger partial charge in [-0.2, -0.15) is 0 Å². The van der Waals surface area contributed by atoms with Crippen LogP contribution in [-0.4, -0.2) is 22.8 Å². The topological polar surface area (TPSA) is 104 Å². The largest absolute Gasteiger partial charge is 0.472 e. The fraction of sp³-hybridized carbons (Fsp3) is 0.312. The average Bonchev–Trinajstić information content (AvgIpc) is 2.99. The van der Waals surface area contributed by atoms with Crippen LogP contribution in [-0.2, 0) is 11.3 Å². The van der Waals surface area contributed by atoms with Crippen LogP contribution in [0.4, 0.5) is 0 Å². The van der Waals surface area contributed by atoms with Gasteiger partial charge in [0.1, 0.15) is 12.3 Å². The zero-order chi connectivity index (χ0) is 17.0. The molecule has 0 fully saturated rings. The van der Waals surface area contributed by atoms with Crippen LogP contribution in [0.5, 0.6) is 0 Å². The summed E-state index contributed by atoms with van der Waals surface area (Å²) in [6, 6.07) is 2.62. The Labute approximate surface area is 133 Å². The SMILES string of the molecule is Cc1cc(C)c(CNC(=O)C(C)NC(=O)c2ccoc2)c(=O)[nH]1. The van der Waals surface area contributed by atoms with E-state index in [1.807, 2.05) is 13.0 Å². The molecule has 0 aliphatic carbocycles. The van der Waals surface area contributed by atoms with Crippen molar-refractivity contribution in [2.45, 2.75) is 33.4 Å². The Morgan fingerprint density at radius 3 is 2.70 bits per heavy atom. The minimum Gasteiger partial charge on any atom is -0.472 e. The Bertz CT molecular complexity index is 762. The van der Waals surface area contributed by atoms with Crippen molar-refractivity contribution in [2.75, 3.05) is 0 Å². The molecule has 0 aromatic carbocycles. The van der Waals surface area contributed by atoms with Gasteiger partial charge in [0, 0.05) is 17.8 Å². The second kappa shape index (κ2) is 6.95. The number of pyridine rings is 1. The third-order valence-corrected chi connectivity index (χ3v) is 3.46. The molecule has 0 bridgehead atoms. The van der Waals surface area contributed by atoms with Gasteiger partial charge in [-0.3, -0.25) is 14.4 Å². The van der Waals surface area contributed by atoms with Crippen LogP contribution < -0.4 is 16.2 Å². The number of aromatic nitrogens is 1. The van der Waals surface area contributed by atoms with Gasteiger partial charge in [-0.05, 0) is 38.5 Å². The predicted molar refractivity (Wildman–Crippen MR) is 84.0 cm³/mol. The van der Waals surface area contributed by atoms with Crippen molar-refractivity contribution in [3.63, 3.8) is 0 Å². The van der Waals surface area contributed by atoms with E-state index in [0.717, 1.165) is 11.3 Å². The van der Waals surface area contributed by atoms with Gasteiger partial charge in [-0.25, -0.2) is 0 Å². The Morgan fingerprint density at radius 1 is 1.35 bits per heavy atom. The summed E-state index contributed by atoms with van der Waals surface area (Å²) in [6.07, 6.45) is 2.68. The number of H-pyrrole nitrogens is 1. The van der Waals surface area contributed by atoms with E-state index in [1.54, 1.807) is 13.8 Å². The van der Waals surface area contributed by atoms with Crippen molar-refractivity contribution in [2.24, 2.45) is 0 Å². The summed E-state index contributed by atoms with van der Waals surface area (Å²) in [5, 5.41) is 5.21. The number of carbonyl (C=O) groups is 2. The normalized spacial score (nSPS) is 11.8. The average molecular weight is 317 g/mol. The molecule has 7 heteroatoms. The lowest BCUT2D eigenvalue weighted by molar-refractivity contribution is -0.122. The van der Waals surface area contributed by atoms with E-state index >= 15 is 0 Å². The van der Waals surface area contributed by atoms with Crippen molar-refractivity contribution >= 4 is 11.8 Å². The molecule has 2 aromatic heterocycles. The Balaban J connectivity index is 1.94. The van der Waals surface area contributed by atoms with Crippen LogP contribution in [0.3, 0.4) is 0 Å². The molecule has 2 rings (SSSR count). The van der Waals surface area contributed by atoms with E-state index in [9.17, 15) is 14.4 Å². The smallest absolute Gasteiger partial charge is 0.255 e. The molecule has 2 heterocycles. The molecular formula is C16H19N3O4. The van der Waals surface area contributed by atoms with Gasteiger partial charge >= 0.3 is 0 Å².